The standard InChI is InChI=1S/C14H20N2O2/c1-15-10-9-14(7-8-14)16-13(17)18-11-12-5-3-2-4-6-12/h2-6,15H,7-11H2,1H3,(H,16,17). The second-order valence-corrected chi connectivity index (χ2v) is 4.82. The van der Waals surface area contributed by atoms with Gasteiger partial charge < -0.3 is 15.4 Å². The van der Waals surface area contributed by atoms with E-state index in [0.717, 1.165) is 31.4 Å². The Hall–Kier alpha value is -1.55. The average Bonchev–Trinajstić information content (AvgIpc) is 3.15. The first-order chi connectivity index (χ1) is 8.74. The van der Waals surface area contributed by atoms with Gasteiger partial charge >= 0.3 is 6.09 Å². The Morgan fingerprint density at radius 2 is 2.06 bits per heavy atom. The van der Waals surface area contributed by atoms with Crippen molar-refractivity contribution in [2.45, 2.75) is 31.4 Å². The van der Waals surface area contributed by atoms with Crippen molar-refractivity contribution in [3.8, 4) is 0 Å². The van der Waals surface area contributed by atoms with E-state index in [2.05, 4.69) is 10.6 Å². The molecule has 0 bridgehead atoms. The third-order valence-electron chi connectivity index (χ3n) is 3.29. The number of carbonyl (C=O) groups is 1. The van der Waals surface area contributed by atoms with Crippen molar-refractivity contribution in [3.63, 3.8) is 0 Å². The third-order valence-corrected chi connectivity index (χ3v) is 3.29. The molecule has 1 amide bonds. The van der Waals surface area contributed by atoms with Gasteiger partial charge in [-0.1, -0.05) is 30.3 Å². The molecule has 98 valence electrons. The van der Waals surface area contributed by atoms with E-state index in [1.54, 1.807) is 0 Å². The monoisotopic (exact) mass is 248 g/mol. The molecule has 18 heavy (non-hydrogen) atoms. The molecule has 0 unspecified atom stereocenters. The normalized spacial score (nSPS) is 16.1. The molecular weight excluding hydrogens is 228 g/mol. The molecule has 1 aliphatic rings. The molecule has 1 saturated carbocycles. The molecule has 0 aromatic heterocycles. The summed E-state index contributed by atoms with van der Waals surface area (Å²) < 4.78 is 5.21. The molecule has 1 fully saturated rings. The Morgan fingerprint density at radius 1 is 1.33 bits per heavy atom. The second kappa shape index (κ2) is 5.87. The van der Waals surface area contributed by atoms with Crippen LogP contribution in [0, 0.1) is 0 Å². The molecule has 0 atom stereocenters. The van der Waals surface area contributed by atoms with Crippen LogP contribution in [0.5, 0.6) is 0 Å². The zero-order chi connectivity index (χ0) is 12.8. The Balaban J connectivity index is 1.72. The number of hydrogen-bond donors (Lipinski definition) is 2. The summed E-state index contributed by atoms with van der Waals surface area (Å²) in [5.74, 6) is 0. The number of ether oxygens (including phenoxy) is 1. The minimum atomic E-state index is -0.313. The Labute approximate surface area is 108 Å². The molecule has 4 nitrogen and oxygen atoms in total. The molecule has 0 heterocycles. The minimum absolute atomic E-state index is 0.0171. The van der Waals surface area contributed by atoms with E-state index >= 15 is 0 Å². The molecule has 2 rings (SSSR count). The Morgan fingerprint density at radius 3 is 2.67 bits per heavy atom. The lowest BCUT2D eigenvalue weighted by Gasteiger charge is -2.16. The maximum Gasteiger partial charge on any atom is 0.407 e. The molecule has 1 aromatic carbocycles. The fourth-order valence-corrected chi connectivity index (χ4v) is 1.93. The van der Waals surface area contributed by atoms with Crippen LogP contribution >= 0.6 is 0 Å². The third kappa shape index (κ3) is 3.74. The molecule has 1 aliphatic carbocycles. The van der Waals surface area contributed by atoms with E-state index in [1.807, 2.05) is 37.4 Å². The quantitative estimate of drug-likeness (QED) is 0.810. The molecule has 0 radical (unpaired) electrons. The summed E-state index contributed by atoms with van der Waals surface area (Å²) in [6, 6.07) is 9.71. The first-order valence-corrected chi connectivity index (χ1v) is 6.38. The van der Waals surface area contributed by atoms with Crippen LogP contribution in [0.3, 0.4) is 0 Å². The number of nitrogens with one attached hydrogen (secondary N) is 2. The summed E-state index contributed by atoms with van der Waals surface area (Å²) in [4.78, 5) is 11.7. The van der Waals surface area contributed by atoms with Gasteiger partial charge in [-0.15, -0.1) is 0 Å². The lowest BCUT2D eigenvalue weighted by Crippen LogP contribution is -2.39. The number of amides is 1. The van der Waals surface area contributed by atoms with E-state index < -0.39 is 0 Å². The van der Waals surface area contributed by atoms with Crippen LogP contribution in [0.4, 0.5) is 4.79 Å². The van der Waals surface area contributed by atoms with Gasteiger partial charge in [0.15, 0.2) is 0 Å². The van der Waals surface area contributed by atoms with Crippen LogP contribution in [-0.4, -0.2) is 25.2 Å². The molecule has 0 saturated heterocycles. The molecule has 2 N–H and O–H groups in total. The van der Waals surface area contributed by atoms with Crippen molar-refractivity contribution in [2.24, 2.45) is 0 Å². The van der Waals surface area contributed by atoms with Crippen molar-refractivity contribution in [3.05, 3.63) is 35.9 Å². The van der Waals surface area contributed by atoms with E-state index in [0.29, 0.717) is 6.61 Å². The Kier molecular flexibility index (Phi) is 4.20. The summed E-state index contributed by atoms with van der Waals surface area (Å²) in [5.41, 5.74) is 0.990. The second-order valence-electron chi connectivity index (χ2n) is 4.82. The van der Waals surface area contributed by atoms with Crippen LogP contribution in [0.1, 0.15) is 24.8 Å². The molecule has 1 aromatic rings. The van der Waals surface area contributed by atoms with Gasteiger partial charge in [0.2, 0.25) is 0 Å². The van der Waals surface area contributed by atoms with Gasteiger partial charge in [-0.3, -0.25) is 0 Å². The summed E-state index contributed by atoms with van der Waals surface area (Å²) >= 11 is 0. The summed E-state index contributed by atoms with van der Waals surface area (Å²) in [6.07, 6.45) is 2.75. The SMILES string of the molecule is CNCCC1(NC(=O)OCc2ccccc2)CC1. The lowest BCUT2D eigenvalue weighted by molar-refractivity contribution is 0.133. The first kappa shape index (κ1) is 12.9. The van der Waals surface area contributed by atoms with Crippen LogP contribution in [0.2, 0.25) is 0 Å². The maximum atomic E-state index is 11.7. The highest BCUT2D eigenvalue weighted by molar-refractivity contribution is 5.69. The van der Waals surface area contributed by atoms with Crippen molar-refractivity contribution >= 4 is 6.09 Å². The molecule has 0 spiro atoms. The zero-order valence-corrected chi connectivity index (χ0v) is 10.7. The number of hydrogen-bond acceptors (Lipinski definition) is 3. The summed E-state index contributed by atoms with van der Waals surface area (Å²) in [7, 11) is 1.92. The Bertz CT molecular complexity index is 388. The van der Waals surface area contributed by atoms with Gasteiger partial charge in [-0.05, 0) is 38.4 Å². The van der Waals surface area contributed by atoms with E-state index in [9.17, 15) is 4.79 Å². The molecular formula is C14H20N2O2. The average molecular weight is 248 g/mol. The summed E-state index contributed by atoms with van der Waals surface area (Å²) in [6.45, 7) is 1.24. The van der Waals surface area contributed by atoms with E-state index in [-0.39, 0.29) is 11.6 Å². The fourth-order valence-electron chi connectivity index (χ4n) is 1.93. The van der Waals surface area contributed by atoms with Gasteiger partial charge in [0.1, 0.15) is 6.61 Å². The van der Waals surface area contributed by atoms with Crippen molar-refractivity contribution in [1.82, 2.24) is 10.6 Å². The lowest BCUT2D eigenvalue weighted by atomic mass is 10.2. The number of benzene rings is 1. The van der Waals surface area contributed by atoms with Crippen molar-refractivity contribution < 1.29 is 9.53 Å². The first-order valence-electron chi connectivity index (χ1n) is 6.38. The topological polar surface area (TPSA) is 50.4 Å². The van der Waals surface area contributed by atoms with Gasteiger partial charge in [-0.2, -0.15) is 0 Å². The van der Waals surface area contributed by atoms with Crippen LogP contribution < -0.4 is 10.6 Å². The fraction of sp³-hybridized carbons (Fsp3) is 0.500. The van der Waals surface area contributed by atoms with E-state index in [4.69, 9.17) is 4.74 Å². The highest BCUT2D eigenvalue weighted by Gasteiger charge is 2.43. The predicted molar refractivity (Wildman–Crippen MR) is 70.3 cm³/mol. The molecule has 4 heteroatoms. The van der Waals surface area contributed by atoms with Gasteiger partial charge in [0, 0.05) is 5.54 Å². The highest BCUT2D eigenvalue weighted by Crippen LogP contribution is 2.38. The number of rotatable bonds is 6. The molecule has 0 aliphatic heterocycles. The number of alkyl carbamates (subject to hydrolysis) is 1. The highest BCUT2D eigenvalue weighted by atomic mass is 16.5. The van der Waals surface area contributed by atoms with Crippen LogP contribution in [-0.2, 0) is 11.3 Å². The smallest absolute Gasteiger partial charge is 0.407 e. The van der Waals surface area contributed by atoms with Gasteiger partial charge in [0.25, 0.3) is 0 Å². The van der Waals surface area contributed by atoms with Gasteiger partial charge in [0.05, 0.1) is 0 Å². The van der Waals surface area contributed by atoms with Gasteiger partial charge in [-0.25, -0.2) is 4.79 Å². The van der Waals surface area contributed by atoms with Crippen molar-refractivity contribution in [1.29, 1.82) is 0 Å². The van der Waals surface area contributed by atoms with Crippen molar-refractivity contribution in [2.75, 3.05) is 13.6 Å². The van der Waals surface area contributed by atoms with Crippen LogP contribution in [0.25, 0.3) is 0 Å². The number of carbonyl (C=O) groups excluding carboxylic acids is 1. The van der Waals surface area contributed by atoms with Crippen LogP contribution in [0.15, 0.2) is 30.3 Å². The predicted octanol–water partition coefficient (Wildman–Crippen LogP) is 2.05. The largest absolute Gasteiger partial charge is 0.445 e. The minimum Gasteiger partial charge on any atom is -0.445 e. The van der Waals surface area contributed by atoms with E-state index in [1.165, 1.54) is 0 Å². The maximum absolute atomic E-state index is 11.7. The zero-order valence-electron chi connectivity index (χ0n) is 10.7. The summed E-state index contributed by atoms with van der Waals surface area (Å²) in [5, 5.41) is 6.07.